The monoisotopic (exact) mass is 169 g/mol. The highest BCUT2D eigenvalue weighted by atomic mass is 16.1. The molecule has 2 nitrogen and oxygen atoms in total. The highest BCUT2D eigenvalue weighted by Gasteiger charge is 2.01. The van der Waals surface area contributed by atoms with Gasteiger partial charge in [-0.2, -0.15) is 0 Å². The van der Waals surface area contributed by atoms with Gasteiger partial charge in [0.1, 0.15) is 0 Å². The third-order valence-electron chi connectivity index (χ3n) is 2.17. The standard InChI is InChI=1S/C10H19NO/c1-4-5-6-7-8(2)9(3)10(11)12/h4-7H2,1-3H3,(H2,11,12). The molecule has 0 saturated heterocycles. The molecule has 0 radical (unpaired) electrons. The van der Waals surface area contributed by atoms with E-state index in [4.69, 9.17) is 5.73 Å². The summed E-state index contributed by atoms with van der Waals surface area (Å²) in [6, 6.07) is 0. The molecule has 0 bridgehead atoms. The van der Waals surface area contributed by atoms with Crippen LogP contribution >= 0.6 is 0 Å². The predicted octanol–water partition coefficient (Wildman–Crippen LogP) is 2.39. The minimum absolute atomic E-state index is 0.288. The molecule has 2 heteroatoms. The molecule has 0 saturated carbocycles. The van der Waals surface area contributed by atoms with E-state index >= 15 is 0 Å². The van der Waals surface area contributed by atoms with E-state index in [1.54, 1.807) is 6.92 Å². The number of hydrogen-bond donors (Lipinski definition) is 1. The van der Waals surface area contributed by atoms with Gasteiger partial charge in [0.05, 0.1) is 0 Å². The van der Waals surface area contributed by atoms with Crippen LogP contribution in [0.5, 0.6) is 0 Å². The Kier molecular flexibility index (Phi) is 5.43. The maximum absolute atomic E-state index is 10.7. The number of unbranched alkanes of at least 4 members (excludes halogenated alkanes) is 2. The summed E-state index contributed by atoms with van der Waals surface area (Å²) in [5.74, 6) is -0.288. The van der Waals surface area contributed by atoms with Crippen molar-refractivity contribution in [1.29, 1.82) is 0 Å². The first kappa shape index (κ1) is 11.2. The fraction of sp³-hybridized carbons (Fsp3) is 0.700. The van der Waals surface area contributed by atoms with E-state index < -0.39 is 0 Å². The molecule has 1 amide bonds. The molecule has 0 aromatic heterocycles. The Morgan fingerprint density at radius 2 is 1.83 bits per heavy atom. The second-order valence-corrected chi connectivity index (χ2v) is 3.23. The second kappa shape index (κ2) is 5.81. The summed E-state index contributed by atoms with van der Waals surface area (Å²) >= 11 is 0. The van der Waals surface area contributed by atoms with Crippen molar-refractivity contribution in [3.63, 3.8) is 0 Å². The first-order chi connectivity index (χ1) is 5.59. The van der Waals surface area contributed by atoms with E-state index in [0.29, 0.717) is 0 Å². The molecule has 0 aliphatic heterocycles. The smallest absolute Gasteiger partial charge is 0.244 e. The molecule has 0 rings (SSSR count). The Bertz CT molecular complexity index is 182. The van der Waals surface area contributed by atoms with Gasteiger partial charge in [0.15, 0.2) is 0 Å². The SMILES string of the molecule is CCCCCC(C)=C(C)C(N)=O. The van der Waals surface area contributed by atoms with E-state index in [0.717, 1.165) is 24.0 Å². The summed E-state index contributed by atoms with van der Waals surface area (Å²) < 4.78 is 0. The van der Waals surface area contributed by atoms with Crippen LogP contribution in [0.3, 0.4) is 0 Å². The highest BCUT2D eigenvalue weighted by Crippen LogP contribution is 2.12. The molecular formula is C10H19NO. The first-order valence-corrected chi connectivity index (χ1v) is 4.55. The van der Waals surface area contributed by atoms with Crippen LogP contribution in [0.4, 0.5) is 0 Å². The number of hydrogen-bond acceptors (Lipinski definition) is 1. The first-order valence-electron chi connectivity index (χ1n) is 4.55. The van der Waals surface area contributed by atoms with Gasteiger partial charge >= 0.3 is 0 Å². The largest absolute Gasteiger partial charge is 0.366 e. The van der Waals surface area contributed by atoms with Gasteiger partial charge < -0.3 is 5.73 Å². The zero-order valence-corrected chi connectivity index (χ0v) is 8.31. The number of carbonyl (C=O) groups excluding carboxylic acids is 1. The van der Waals surface area contributed by atoms with Crippen molar-refractivity contribution in [2.24, 2.45) is 5.73 Å². The number of carbonyl (C=O) groups is 1. The van der Waals surface area contributed by atoms with E-state index in [2.05, 4.69) is 6.92 Å². The Morgan fingerprint density at radius 3 is 2.25 bits per heavy atom. The lowest BCUT2D eigenvalue weighted by Gasteiger charge is -2.03. The molecule has 0 fully saturated rings. The molecule has 0 aromatic carbocycles. The summed E-state index contributed by atoms with van der Waals surface area (Å²) in [6.45, 7) is 5.94. The Morgan fingerprint density at radius 1 is 1.25 bits per heavy atom. The number of nitrogens with two attached hydrogens (primary N) is 1. The third kappa shape index (κ3) is 4.16. The molecule has 70 valence electrons. The average Bonchev–Trinajstić information content (AvgIpc) is 2.03. The number of rotatable bonds is 5. The summed E-state index contributed by atoms with van der Waals surface area (Å²) in [4.78, 5) is 10.7. The van der Waals surface area contributed by atoms with Gasteiger partial charge in [-0.05, 0) is 26.7 Å². The van der Waals surface area contributed by atoms with Gasteiger partial charge in [-0.25, -0.2) is 0 Å². The molecule has 0 aliphatic carbocycles. The van der Waals surface area contributed by atoms with Crippen molar-refractivity contribution in [2.45, 2.75) is 46.5 Å². The molecule has 0 heterocycles. The average molecular weight is 169 g/mol. The third-order valence-corrected chi connectivity index (χ3v) is 2.17. The summed E-state index contributed by atoms with van der Waals surface area (Å²) in [7, 11) is 0. The molecule has 0 aliphatic rings. The Balaban J connectivity index is 3.91. The second-order valence-electron chi connectivity index (χ2n) is 3.23. The molecule has 0 unspecified atom stereocenters. The lowest BCUT2D eigenvalue weighted by molar-refractivity contribution is -0.114. The maximum atomic E-state index is 10.7. The Hall–Kier alpha value is -0.790. The topological polar surface area (TPSA) is 43.1 Å². The normalized spacial score (nSPS) is 12.6. The molecule has 0 aromatic rings. The van der Waals surface area contributed by atoms with Gasteiger partial charge in [0.2, 0.25) is 5.91 Å². The van der Waals surface area contributed by atoms with E-state index in [-0.39, 0.29) is 5.91 Å². The van der Waals surface area contributed by atoms with Crippen LogP contribution in [0.25, 0.3) is 0 Å². The van der Waals surface area contributed by atoms with E-state index in [9.17, 15) is 4.79 Å². The van der Waals surface area contributed by atoms with Gasteiger partial charge in [-0.1, -0.05) is 25.3 Å². The minimum Gasteiger partial charge on any atom is -0.366 e. The molecule has 0 atom stereocenters. The zero-order valence-electron chi connectivity index (χ0n) is 8.31. The quantitative estimate of drug-likeness (QED) is 0.498. The van der Waals surface area contributed by atoms with Gasteiger partial charge in [0.25, 0.3) is 0 Å². The van der Waals surface area contributed by atoms with Crippen molar-refractivity contribution in [2.75, 3.05) is 0 Å². The summed E-state index contributed by atoms with van der Waals surface area (Å²) in [5, 5.41) is 0. The number of allylic oxidation sites excluding steroid dienone is 1. The molecule has 0 spiro atoms. The molecular weight excluding hydrogens is 150 g/mol. The van der Waals surface area contributed by atoms with Crippen LogP contribution in [0.15, 0.2) is 11.1 Å². The summed E-state index contributed by atoms with van der Waals surface area (Å²) in [5.41, 5.74) is 7.01. The number of amides is 1. The fourth-order valence-corrected chi connectivity index (χ4v) is 1.04. The van der Waals surface area contributed by atoms with Crippen molar-refractivity contribution >= 4 is 5.91 Å². The summed E-state index contributed by atoms with van der Waals surface area (Å²) in [6.07, 6.45) is 4.60. The van der Waals surface area contributed by atoms with Gasteiger partial charge in [-0.15, -0.1) is 0 Å². The van der Waals surface area contributed by atoms with Crippen LogP contribution in [0.2, 0.25) is 0 Å². The predicted molar refractivity (Wildman–Crippen MR) is 51.7 cm³/mol. The molecule has 2 N–H and O–H groups in total. The zero-order chi connectivity index (χ0) is 9.56. The van der Waals surface area contributed by atoms with Crippen molar-refractivity contribution in [1.82, 2.24) is 0 Å². The number of primary amides is 1. The lowest BCUT2D eigenvalue weighted by atomic mass is 10.0. The van der Waals surface area contributed by atoms with E-state index in [1.807, 2.05) is 6.92 Å². The van der Waals surface area contributed by atoms with Crippen LogP contribution in [0, 0.1) is 0 Å². The Labute approximate surface area is 74.8 Å². The fourth-order valence-electron chi connectivity index (χ4n) is 1.04. The van der Waals surface area contributed by atoms with Gasteiger partial charge in [-0.3, -0.25) is 4.79 Å². The van der Waals surface area contributed by atoms with Crippen molar-refractivity contribution in [3.05, 3.63) is 11.1 Å². The maximum Gasteiger partial charge on any atom is 0.244 e. The van der Waals surface area contributed by atoms with Crippen LogP contribution < -0.4 is 5.73 Å². The van der Waals surface area contributed by atoms with Crippen LogP contribution in [-0.4, -0.2) is 5.91 Å². The van der Waals surface area contributed by atoms with Crippen molar-refractivity contribution < 1.29 is 4.79 Å². The van der Waals surface area contributed by atoms with Crippen molar-refractivity contribution in [3.8, 4) is 0 Å². The lowest BCUT2D eigenvalue weighted by Crippen LogP contribution is -2.13. The van der Waals surface area contributed by atoms with Crippen LogP contribution in [-0.2, 0) is 4.79 Å². The minimum atomic E-state index is -0.288. The van der Waals surface area contributed by atoms with Crippen LogP contribution in [0.1, 0.15) is 46.5 Å². The van der Waals surface area contributed by atoms with Gasteiger partial charge in [0, 0.05) is 5.57 Å². The van der Waals surface area contributed by atoms with E-state index in [1.165, 1.54) is 12.8 Å². The molecule has 12 heavy (non-hydrogen) atoms. The highest BCUT2D eigenvalue weighted by molar-refractivity contribution is 5.91.